The molecule has 14 heteroatoms. The van der Waals surface area contributed by atoms with Crippen molar-refractivity contribution >= 4 is 23.9 Å². The first-order valence-electron chi connectivity index (χ1n) is 15.7. The molecule has 0 radical (unpaired) electrons. The van der Waals surface area contributed by atoms with E-state index in [4.69, 9.17) is 9.47 Å². The number of alkyl halides is 3. The van der Waals surface area contributed by atoms with Crippen molar-refractivity contribution < 1.29 is 37.0 Å². The van der Waals surface area contributed by atoms with Gasteiger partial charge in [0.2, 0.25) is 11.9 Å². The SMILES string of the molecule is C[C@@H](NC(=O)c1ccnc(N2CCN(C(=O)C3COC3)CC2)n1)c1ccc(-c2cc(C(F)(F)F)ccc2CNC(=O)OC(C)(C)C)cc1. The lowest BCUT2D eigenvalue weighted by molar-refractivity contribution is -0.150. The predicted octanol–water partition coefficient (Wildman–Crippen LogP) is 4.97. The molecule has 11 nitrogen and oxygen atoms in total. The largest absolute Gasteiger partial charge is 0.444 e. The molecule has 256 valence electrons. The first-order valence-corrected chi connectivity index (χ1v) is 15.7. The molecule has 2 aliphatic rings. The lowest BCUT2D eigenvalue weighted by atomic mass is 9.95. The molecular weight excluding hydrogens is 629 g/mol. The molecule has 0 spiro atoms. The van der Waals surface area contributed by atoms with Crippen LogP contribution in [0.2, 0.25) is 0 Å². The maximum Gasteiger partial charge on any atom is 0.416 e. The van der Waals surface area contributed by atoms with E-state index in [1.54, 1.807) is 52.0 Å². The molecule has 0 unspecified atom stereocenters. The van der Waals surface area contributed by atoms with E-state index in [1.807, 2.05) is 9.80 Å². The molecule has 1 atom stereocenters. The Labute approximate surface area is 276 Å². The van der Waals surface area contributed by atoms with Crippen molar-refractivity contribution in [3.8, 4) is 11.1 Å². The molecule has 0 saturated carbocycles. The third-order valence-corrected chi connectivity index (χ3v) is 8.07. The Balaban J connectivity index is 1.23. The Bertz CT molecular complexity index is 1630. The van der Waals surface area contributed by atoms with E-state index in [-0.39, 0.29) is 24.1 Å². The Morgan fingerprint density at radius 2 is 1.69 bits per heavy atom. The number of benzene rings is 2. The van der Waals surface area contributed by atoms with E-state index in [0.717, 1.165) is 17.7 Å². The number of nitrogens with one attached hydrogen (secondary N) is 2. The quantitative estimate of drug-likeness (QED) is 0.345. The molecule has 48 heavy (non-hydrogen) atoms. The van der Waals surface area contributed by atoms with Crippen LogP contribution in [0.15, 0.2) is 54.7 Å². The summed E-state index contributed by atoms with van der Waals surface area (Å²) in [5.74, 6) is 0.0193. The number of ether oxygens (including phenoxy) is 2. The molecule has 3 heterocycles. The van der Waals surface area contributed by atoms with Crippen LogP contribution < -0.4 is 15.5 Å². The van der Waals surface area contributed by atoms with Crippen LogP contribution in [-0.2, 0) is 27.0 Å². The first kappa shape index (κ1) is 34.6. The zero-order chi connectivity index (χ0) is 34.6. The Morgan fingerprint density at radius 3 is 2.29 bits per heavy atom. The standard InChI is InChI=1S/C34H39F3N6O5/c1-21(40-29(44)28-11-12-38-31(41-28)43-15-13-42(14-16-43)30(45)25-19-47-20-25)22-5-7-23(8-6-22)27-17-26(34(35,36)37)10-9-24(27)18-39-32(46)48-33(2,3)4/h5-12,17,21,25H,13-16,18-20H2,1-4H3,(H,39,46)(H,40,44)/t21-/m1/s1. The minimum absolute atomic E-state index is 0.0405. The molecule has 2 N–H and O–H groups in total. The molecule has 2 aliphatic heterocycles. The zero-order valence-corrected chi connectivity index (χ0v) is 27.3. The average molecular weight is 669 g/mol. The van der Waals surface area contributed by atoms with Gasteiger partial charge in [-0.1, -0.05) is 30.3 Å². The fraction of sp³-hybridized carbons (Fsp3) is 0.441. The fourth-order valence-electron chi connectivity index (χ4n) is 5.35. The van der Waals surface area contributed by atoms with Gasteiger partial charge >= 0.3 is 12.3 Å². The van der Waals surface area contributed by atoms with Crippen LogP contribution in [-0.4, -0.2) is 77.8 Å². The van der Waals surface area contributed by atoms with Gasteiger partial charge in [0.15, 0.2) is 0 Å². The molecule has 2 saturated heterocycles. The number of halogens is 3. The normalized spacial score (nSPS) is 16.1. The summed E-state index contributed by atoms with van der Waals surface area (Å²) in [5.41, 5.74) is 0.649. The smallest absolute Gasteiger partial charge is 0.416 e. The summed E-state index contributed by atoms with van der Waals surface area (Å²) in [5, 5.41) is 5.53. The number of anilines is 1. The van der Waals surface area contributed by atoms with E-state index < -0.39 is 35.4 Å². The van der Waals surface area contributed by atoms with Crippen molar-refractivity contribution in [1.29, 1.82) is 0 Å². The number of aromatic nitrogens is 2. The highest BCUT2D eigenvalue weighted by Crippen LogP contribution is 2.34. The molecule has 5 rings (SSSR count). The van der Waals surface area contributed by atoms with Crippen LogP contribution in [0.5, 0.6) is 0 Å². The summed E-state index contributed by atoms with van der Waals surface area (Å²) in [6.45, 7) is 9.97. The summed E-state index contributed by atoms with van der Waals surface area (Å²) in [6, 6.07) is 11.3. The van der Waals surface area contributed by atoms with Crippen molar-refractivity contribution in [2.75, 3.05) is 44.3 Å². The number of alkyl carbamates (subject to hydrolysis) is 1. The van der Waals surface area contributed by atoms with Gasteiger partial charge in [-0.15, -0.1) is 0 Å². The van der Waals surface area contributed by atoms with E-state index in [0.29, 0.717) is 62.0 Å². The van der Waals surface area contributed by atoms with E-state index >= 15 is 0 Å². The monoisotopic (exact) mass is 668 g/mol. The van der Waals surface area contributed by atoms with Crippen LogP contribution >= 0.6 is 0 Å². The maximum atomic E-state index is 13.6. The van der Waals surface area contributed by atoms with Crippen molar-refractivity contribution in [2.24, 2.45) is 5.92 Å². The Morgan fingerprint density at radius 1 is 1.00 bits per heavy atom. The van der Waals surface area contributed by atoms with Gasteiger partial charge in [0.25, 0.3) is 5.91 Å². The van der Waals surface area contributed by atoms with E-state index in [2.05, 4.69) is 20.6 Å². The van der Waals surface area contributed by atoms with Gasteiger partial charge in [-0.25, -0.2) is 14.8 Å². The lowest BCUT2D eigenvalue weighted by Gasteiger charge is -2.38. The molecule has 0 bridgehead atoms. The third-order valence-electron chi connectivity index (χ3n) is 8.07. The summed E-state index contributed by atoms with van der Waals surface area (Å²) in [4.78, 5) is 50.4. The molecule has 3 aromatic rings. The van der Waals surface area contributed by atoms with Gasteiger partial charge in [-0.2, -0.15) is 13.2 Å². The number of hydrogen-bond donors (Lipinski definition) is 2. The zero-order valence-electron chi connectivity index (χ0n) is 27.3. The van der Waals surface area contributed by atoms with E-state index in [9.17, 15) is 27.6 Å². The van der Waals surface area contributed by atoms with Crippen LogP contribution in [0.1, 0.15) is 60.9 Å². The maximum absolute atomic E-state index is 13.6. The van der Waals surface area contributed by atoms with Crippen LogP contribution in [0.4, 0.5) is 23.9 Å². The highest BCUT2D eigenvalue weighted by Gasteiger charge is 2.33. The van der Waals surface area contributed by atoms with Crippen molar-refractivity contribution in [3.63, 3.8) is 0 Å². The number of piperazine rings is 1. The Kier molecular flexibility index (Phi) is 10.2. The van der Waals surface area contributed by atoms with Gasteiger partial charge in [0.05, 0.1) is 30.7 Å². The average Bonchev–Trinajstić information content (AvgIpc) is 3.02. The van der Waals surface area contributed by atoms with Crippen molar-refractivity contribution in [2.45, 2.75) is 52.1 Å². The van der Waals surface area contributed by atoms with Gasteiger partial charge < -0.3 is 29.9 Å². The van der Waals surface area contributed by atoms with Gasteiger partial charge in [0.1, 0.15) is 11.3 Å². The van der Waals surface area contributed by atoms with Gasteiger partial charge in [-0.3, -0.25) is 9.59 Å². The molecule has 2 fully saturated rings. The lowest BCUT2D eigenvalue weighted by Crippen LogP contribution is -2.53. The van der Waals surface area contributed by atoms with Gasteiger partial charge in [-0.05, 0) is 68.1 Å². The molecule has 0 aliphatic carbocycles. The van der Waals surface area contributed by atoms with Crippen LogP contribution in [0, 0.1) is 5.92 Å². The van der Waals surface area contributed by atoms with Crippen LogP contribution in [0.25, 0.3) is 11.1 Å². The molecule has 1 aromatic heterocycles. The highest BCUT2D eigenvalue weighted by molar-refractivity contribution is 5.92. The summed E-state index contributed by atoms with van der Waals surface area (Å²) >= 11 is 0. The number of amides is 3. The number of rotatable bonds is 8. The van der Waals surface area contributed by atoms with Crippen molar-refractivity contribution in [1.82, 2.24) is 25.5 Å². The van der Waals surface area contributed by atoms with Crippen molar-refractivity contribution in [3.05, 3.63) is 77.1 Å². The fourth-order valence-corrected chi connectivity index (χ4v) is 5.35. The first-order chi connectivity index (χ1) is 22.7. The van der Waals surface area contributed by atoms with Crippen LogP contribution in [0.3, 0.4) is 0 Å². The number of nitrogens with zero attached hydrogens (tertiary/aromatic N) is 4. The number of hydrogen-bond acceptors (Lipinski definition) is 8. The minimum Gasteiger partial charge on any atom is -0.444 e. The predicted molar refractivity (Wildman–Crippen MR) is 171 cm³/mol. The number of carbonyl (C=O) groups excluding carboxylic acids is 3. The summed E-state index contributed by atoms with van der Waals surface area (Å²) in [6.07, 6.45) is -3.72. The Hall–Kier alpha value is -4.72. The minimum atomic E-state index is -4.55. The summed E-state index contributed by atoms with van der Waals surface area (Å²) in [7, 11) is 0. The third kappa shape index (κ3) is 8.59. The molecule has 2 aromatic carbocycles. The summed E-state index contributed by atoms with van der Waals surface area (Å²) < 4.78 is 51.2. The molecule has 3 amide bonds. The second kappa shape index (κ2) is 14.2. The topological polar surface area (TPSA) is 126 Å². The second-order valence-corrected chi connectivity index (χ2v) is 12.8. The molecular formula is C34H39F3N6O5. The number of carbonyl (C=O) groups is 3. The highest BCUT2D eigenvalue weighted by atomic mass is 19.4. The second-order valence-electron chi connectivity index (χ2n) is 12.8. The van der Waals surface area contributed by atoms with E-state index in [1.165, 1.54) is 18.3 Å². The van der Waals surface area contributed by atoms with Gasteiger partial charge in [0, 0.05) is 38.9 Å².